The van der Waals surface area contributed by atoms with E-state index in [0.29, 0.717) is 23.9 Å². The van der Waals surface area contributed by atoms with Gasteiger partial charge in [0.2, 0.25) is 0 Å². The highest BCUT2D eigenvalue weighted by Crippen LogP contribution is 2.20. The van der Waals surface area contributed by atoms with E-state index in [4.69, 9.17) is 0 Å². The summed E-state index contributed by atoms with van der Waals surface area (Å²) >= 11 is 1.49. The van der Waals surface area contributed by atoms with E-state index >= 15 is 0 Å². The van der Waals surface area contributed by atoms with Gasteiger partial charge in [0.15, 0.2) is 10.8 Å². The van der Waals surface area contributed by atoms with Crippen LogP contribution in [0.1, 0.15) is 29.0 Å². The molecule has 0 aliphatic carbocycles. The Morgan fingerprint density at radius 3 is 2.77 bits per heavy atom. The van der Waals surface area contributed by atoms with Gasteiger partial charge in [-0.05, 0) is 18.9 Å². The van der Waals surface area contributed by atoms with Crippen LogP contribution in [-0.2, 0) is 6.54 Å². The number of thiazole rings is 1. The summed E-state index contributed by atoms with van der Waals surface area (Å²) in [6.45, 7) is 2.07. The fourth-order valence-corrected chi connectivity index (χ4v) is 3.48. The Morgan fingerprint density at radius 1 is 1.15 bits per heavy atom. The monoisotopic (exact) mass is 367 g/mol. The van der Waals surface area contributed by atoms with Crippen LogP contribution in [0.5, 0.6) is 0 Å². The van der Waals surface area contributed by atoms with E-state index in [2.05, 4.69) is 30.2 Å². The predicted molar refractivity (Wildman–Crippen MR) is 97.6 cm³/mol. The van der Waals surface area contributed by atoms with E-state index < -0.39 is 0 Å². The molecule has 4 rings (SSSR count). The predicted octanol–water partition coefficient (Wildman–Crippen LogP) is 2.24. The van der Waals surface area contributed by atoms with Gasteiger partial charge in [0, 0.05) is 30.9 Å². The normalized spacial score (nSPS) is 13.8. The van der Waals surface area contributed by atoms with Crippen molar-refractivity contribution >= 4 is 23.1 Å². The van der Waals surface area contributed by atoms with Crippen molar-refractivity contribution in [3.05, 3.63) is 47.6 Å². The van der Waals surface area contributed by atoms with Gasteiger partial charge in [-0.25, -0.2) is 19.9 Å². The highest BCUT2D eigenvalue weighted by atomic mass is 32.1. The van der Waals surface area contributed by atoms with E-state index in [9.17, 15) is 4.79 Å². The number of hydrogen-bond acceptors (Lipinski definition) is 8. The van der Waals surface area contributed by atoms with Crippen molar-refractivity contribution in [2.45, 2.75) is 19.4 Å². The summed E-state index contributed by atoms with van der Waals surface area (Å²) in [6.07, 6.45) is 8.61. The minimum Gasteiger partial charge on any atom is -0.363 e. The molecule has 0 radical (unpaired) electrons. The molecule has 0 unspecified atom stereocenters. The molecule has 8 nitrogen and oxygen atoms in total. The van der Waals surface area contributed by atoms with E-state index in [1.165, 1.54) is 17.5 Å². The molecular weight excluding hydrogens is 350 g/mol. The maximum Gasteiger partial charge on any atom is 0.274 e. The second-order valence-corrected chi connectivity index (χ2v) is 6.72. The van der Waals surface area contributed by atoms with Crippen LogP contribution in [0.15, 0.2) is 36.2 Å². The fourth-order valence-electron chi connectivity index (χ4n) is 2.72. The Hall–Kier alpha value is -2.94. The zero-order valence-corrected chi connectivity index (χ0v) is 14.8. The first-order valence-electron chi connectivity index (χ1n) is 8.36. The lowest BCUT2D eigenvalue weighted by Gasteiger charge is -2.14. The fraction of sp³-hybridized carbons (Fsp3) is 0.294. The van der Waals surface area contributed by atoms with Crippen molar-refractivity contribution < 1.29 is 4.79 Å². The lowest BCUT2D eigenvalue weighted by atomic mass is 10.4. The second-order valence-electron chi connectivity index (χ2n) is 5.86. The SMILES string of the molecule is O=C(c1cncc(NCc2csc(-c3ncccn3)n2)n1)N1CCCC1. The van der Waals surface area contributed by atoms with E-state index in [1.807, 2.05) is 10.3 Å². The number of nitrogens with zero attached hydrogens (tertiary/aromatic N) is 6. The molecular formula is C17H17N7OS. The molecule has 132 valence electrons. The van der Waals surface area contributed by atoms with Gasteiger partial charge >= 0.3 is 0 Å². The lowest BCUT2D eigenvalue weighted by molar-refractivity contribution is 0.0786. The summed E-state index contributed by atoms with van der Waals surface area (Å²) in [6, 6.07) is 1.77. The van der Waals surface area contributed by atoms with Crippen LogP contribution in [0, 0.1) is 0 Å². The average molecular weight is 367 g/mol. The van der Waals surface area contributed by atoms with Gasteiger partial charge in [-0.1, -0.05) is 0 Å². The molecule has 1 fully saturated rings. The van der Waals surface area contributed by atoms with Gasteiger partial charge in [-0.2, -0.15) is 0 Å². The van der Waals surface area contributed by atoms with Gasteiger partial charge < -0.3 is 10.2 Å². The Morgan fingerprint density at radius 2 is 1.96 bits per heavy atom. The van der Waals surface area contributed by atoms with Crippen LogP contribution in [0.2, 0.25) is 0 Å². The standard InChI is InChI=1S/C17H17N7OS/c25-17(24-6-1-2-7-24)13-9-18-10-14(23-13)21-8-12-11-26-16(22-12)15-19-4-3-5-20-15/h3-5,9-11H,1-2,6-8H2,(H,21,23). The molecule has 26 heavy (non-hydrogen) atoms. The molecule has 3 aromatic rings. The largest absolute Gasteiger partial charge is 0.363 e. The van der Waals surface area contributed by atoms with Gasteiger partial charge in [0.25, 0.3) is 5.91 Å². The summed E-state index contributed by atoms with van der Waals surface area (Å²) in [5.74, 6) is 1.11. The Bertz CT molecular complexity index is 893. The first-order chi connectivity index (χ1) is 12.8. The Kier molecular flexibility index (Phi) is 4.78. The minimum absolute atomic E-state index is 0.0594. The zero-order chi connectivity index (χ0) is 17.8. The molecule has 4 heterocycles. The molecule has 0 bridgehead atoms. The summed E-state index contributed by atoms with van der Waals surface area (Å²) in [5, 5.41) is 5.89. The number of likely N-dealkylation sites (tertiary alicyclic amines) is 1. The van der Waals surface area contributed by atoms with Crippen LogP contribution < -0.4 is 5.32 Å². The highest BCUT2D eigenvalue weighted by molar-refractivity contribution is 7.13. The number of hydrogen-bond donors (Lipinski definition) is 1. The molecule has 0 atom stereocenters. The molecule has 1 aliphatic rings. The maximum atomic E-state index is 12.4. The topological polar surface area (TPSA) is 96.8 Å². The van der Waals surface area contributed by atoms with Gasteiger partial charge in [0.1, 0.15) is 11.5 Å². The minimum atomic E-state index is -0.0594. The molecule has 0 aromatic carbocycles. The number of rotatable bonds is 5. The number of carbonyl (C=O) groups is 1. The molecule has 1 amide bonds. The van der Waals surface area contributed by atoms with Crippen molar-refractivity contribution in [3.63, 3.8) is 0 Å². The number of amides is 1. The van der Waals surface area contributed by atoms with E-state index in [1.54, 1.807) is 24.7 Å². The lowest BCUT2D eigenvalue weighted by Crippen LogP contribution is -2.28. The van der Waals surface area contributed by atoms with E-state index in [0.717, 1.165) is 36.6 Å². The number of carbonyl (C=O) groups excluding carboxylic acids is 1. The summed E-state index contributed by atoms with van der Waals surface area (Å²) in [7, 11) is 0. The third-order valence-electron chi connectivity index (χ3n) is 4.01. The first-order valence-corrected chi connectivity index (χ1v) is 9.24. The highest BCUT2D eigenvalue weighted by Gasteiger charge is 2.21. The average Bonchev–Trinajstić information content (AvgIpc) is 3.39. The summed E-state index contributed by atoms with van der Waals surface area (Å²) in [5.41, 5.74) is 1.23. The molecule has 1 aliphatic heterocycles. The van der Waals surface area contributed by atoms with Crippen molar-refractivity contribution in [2.24, 2.45) is 0 Å². The Balaban J connectivity index is 1.41. The van der Waals surface area contributed by atoms with Crippen LogP contribution >= 0.6 is 11.3 Å². The van der Waals surface area contributed by atoms with Crippen molar-refractivity contribution in [3.8, 4) is 10.8 Å². The quantitative estimate of drug-likeness (QED) is 0.738. The van der Waals surface area contributed by atoms with Crippen molar-refractivity contribution in [1.82, 2.24) is 29.8 Å². The van der Waals surface area contributed by atoms with Crippen molar-refractivity contribution in [2.75, 3.05) is 18.4 Å². The third kappa shape index (κ3) is 3.67. The molecule has 1 saturated heterocycles. The van der Waals surface area contributed by atoms with Crippen molar-refractivity contribution in [1.29, 1.82) is 0 Å². The van der Waals surface area contributed by atoms with Crippen LogP contribution in [-0.4, -0.2) is 48.8 Å². The smallest absolute Gasteiger partial charge is 0.274 e. The Labute approximate surface area is 154 Å². The summed E-state index contributed by atoms with van der Waals surface area (Å²) in [4.78, 5) is 35.7. The number of nitrogens with one attached hydrogen (secondary N) is 1. The first kappa shape index (κ1) is 16.5. The number of aromatic nitrogens is 5. The van der Waals surface area contributed by atoms with Crippen LogP contribution in [0.25, 0.3) is 10.8 Å². The van der Waals surface area contributed by atoms with E-state index in [-0.39, 0.29) is 5.91 Å². The maximum absolute atomic E-state index is 12.4. The third-order valence-corrected chi connectivity index (χ3v) is 4.89. The zero-order valence-electron chi connectivity index (χ0n) is 14.0. The number of anilines is 1. The van der Waals surface area contributed by atoms with Crippen LogP contribution in [0.3, 0.4) is 0 Å². The van der Waals surface area contributed by atoms with Gasteiger partial charge in [-0.15, -0.1) is 11.3 Å². The van der Waals surface area contributed by atoms with Gasteiger partial charge in [0.05, 0.1) is 24.6 Å². The molecule has 0 saturated carbocycles. The molecule has 9 heteroatoms. The van der Waals surface area contributed by atoms with Gasteiger partial charge in [-0.3, -0.25) is 9.78 Å². The molecule has 1 N–H and O–H groups in total. The van der Waals surface area contributed by atoms with Crippen LogP contribution in [0.4, 0.5) is 5.82 Å². The molecule has 3 aromatic heterocycles. The second kappa shape index (κ2) is 7.52. The summed E-state index contributed by atoms with van der Waals surface area (Å²) < 4.78 is 0. The molecule has 0 spiro atoms.